The number of nitrogens with one attached hydrogen (secondary N) is 1. The van der Waals surface area contributed by atoms with Crippen molar-refractivity contribution in [1.29, 1.82) is 0 Å². The minimum absolute atomic E-state index is 0.0676. The number of hydrogen-bond donors (Lipinski definition) is 1. The minimum atomic E-state index is -0.315. The number of hydrogen-bond acceptors (Lipinski definition) is 4. The lowest BCUT2D eigenvalue weighted by molar-refractivity contribution is -0.125. The zero-order chi connectivity index (χ0) is 20.1. The van der Waals surface area contributed by atoms with E-state index in [0.717, 1.165) is 30.8 Å². The minimum Gasteiger partial charge on any atom is -0.356 e. The zero-order valence-corrected chi connectivity index (χ0v) is 16.1. The highest BCUT2D eigenvalue weighted by molar-refractivity contribution is 5.79. The Kier molecular flexibility index (Phi) is 5.79. The molecular weight excluding hydrogens is 367 g/mol. The number of benzene rings is 2. The van der Waals surface area contributed by atoms with Crippen molar-refractivity contribution in [3.8, 4) is 11.4 Å². The van der Waals surface area contributed by atoms with Gasteiger partial charge in [0.15, 0.2) is 5.82 Å². The second kappa shape index (κ2) is 8.82. The average Bonchev–Trinajstić information content (AvgIpc) is 2.78. The van der Waals surface area contributed by atoms with Crippen LogP contribution in [0.4, 0.5) is 10.2 Å². The molecule has 1 saturated heterocycles. The molecule has 2 heterocycles. The first kappa shape index (κ1) is 19.1. The third-order valence-corrected chi connectivity index (χ3v) is 5.15. The van der Waals surface area contributed by atoms with Gasteiger partial charge in [-0.15, -0.1) is 0 Å². The number of rotatable bonds is 5. The van der Waals surface area contributed by atoms with Crippen molar-refractivity contribution >= 4 is 11.7 Å². The van der Waals surface area contributed by atoms with Crippen molar-refractivity contribution < 1.29 is 9.18 Å². The second-order valence-electron chi connectivity index (χ2n) is 7.24. The maximum atomic E-state index is 13.5. The van der Waals surface area contributed by atoms with Crippen molar-refractivity contribution in [3.63, 3.8) is 0 Å². The molecule has 1 aliphatic heterocycles. The van der Waals surface area contributed by atoms with Crippen molar-refractivity contribution in [3.05, 3.63) is 78.2 Å². The van der Waals surface area contributed by atoms with Gasteiger partial charge in [-0.25, -0.2) is 14.4 Å². The van der Waals surface area contributed by atoms with Crippen LogP contribution >= 0.6 is 0 Å². The highest BCUT2D eigenvalue weighted by Gasteiger charge is 2.26. The summed E-state index contributed by atoms with van der Waals surface area (Å²) in [5, 5.41) is 3.04. The van der Waals surface area contributed by atoms with Crippen molar-refractivity contribution in [2.24, 2.45) is 5.92 Å². The van der Waals surface area contributed by atoms with E-state index in [4.69, 9.17) is 0 Å². The predicted molar refractivity (Wildman–Crippen MR) is 111 cm³/mol. The Morgan fingerprint density at radius 1 is 1.14 bits per heavy atom. The van der Waals surface area contributed by atoms with Gasteiger partial charge in [0.1, 0.15) is 11.6 Å². The lowest BCUT2D eigenvalue weighted by Crippen LogP contribution is -2.43. The van der Waals surface area contributed by atoms with E-state index in [2.05, 4.69) is 20.2 Å². The maximum absolute atomic E-state index is 13.5. The van der Waals surface area contributed by atoms with Crippen LogP contribution in [-0.4, -0.2) is 29.0 Å². The normalized spacial score (nSPS) is 16.4. The molecule has 0 radical (unpaired) electrons. The van der Waals surface area contributed by atoms with E-state index >= 15 is 0 Å². The monoisotopic (exact) mass is 390 g/mol. The molecule has 6 heteroatoms. The number of aromatic nitrogens is 2. The summed E-state index contributed by atoms with van der Waals surface area (Å²) in [5.41, 5.74) is 1.73. The van der Waals surface area contributed by atoms with Crippen LogP contribution in [0.2, 0.25) is 0 Å². The summed E-state index contributed by atoms with van der Waals surface area (Å²) in [5.74, 6) is 0.917. The molecule has 0 saturated carbocycles. The van der Waals surface area contributed by atoms with Crippen LogP contribution in [0.25, 0.3) is 11.4 Å². The van der Waals surface area contributed by atoms with Crippen LogP contribution in [0, 0.1) is 11.7 Å². The molecule has 1 atom stereocenters. The summed E-state index contributed by atoms with van der Waals surface area (Å²) in [6.07, 6.45) is 3.46. The van der Waals surface area contributed by atoms with E-state index in [-0.39, 0.29) is 17.6 Å². The predicted octanol–water partition coefficient (Wildman–Crippen LogP) is 3.82. The Morgan fingerprint density at radius 3 is 2.83 bits per heavy atom. The highest BCUT2D eigenvalue weighted by atomic mass is 19.1. The van der Waals surface area contributed by atoms with E-state index in [1.165, 1.54) is 12.1 Å². The molecule has 4 rings (SSSR count). The number of amides is 1. The van der Waals surface area contributed by atoms with Gasteiger partial charge in [0.25, 0.3) is 0 Å². The van der Waals surface area contributed by atoms with Crippen LogP contribution in [0.1, 0.15) is 18.4 Å². The first-order chi connectivity index (χ1) is 14.2. The number of carbonyl (C=O) groups is 1. The number of nitrogens with zero attached hydrogens (tertiary/aromatic N) is 3. The maximum Gasteiger partial charge on any atom is 0.225 e. The van der Waals surface area contributed by atoms with E-state index < -0.39 is 0 Å². The Labute approximate surface area is 169 Å². The second-order valence-corrected chi connectivity index (χ2v) is 7.24. The lowest BCUT2D eigenvalue weighted by atomic mass is 9.97. The van der Waals surface area contributed by atoms with Gasteiger partial charge in [-0.1, -0.05) is 42.5 Å². The summed E-state index contributed by atoms with van der Waals surface area (Å²) >= 11 is 0. The molecule has 1 N–H and O–H groups in total. The quantitative estimate of drug-likeness (QED) is 0.720. The van der Waals surface area contributed by atoms with E-state index in [0.29, 0.717) is 24.5 Å². The molecule has 0 bridgehead atoms. The first-order valence-electron chi connectivity index (χ1n) is 9.84. The van der Waals surface area contributed by atoms with Crippen LogP contribution in [-0.2, 0) is 11.3 Å². The Balaban J connectivity index is 1.43. The van der Waals surface area contributed by atoms with Crippen molar-refractivity contribution in [2.75, 3.05) is 18.0 Å². The highest BCUT2D eigenvalue weighted by Crippen LogP contribution is 2.24. The molecule has 5 nitrogen and oxygen atoms in total. The third kappa shape index (κ3) is 4.77. The Morgan fingerprint density at radius 2 is 2.00 bits per heavy atom. The van der Waals surface area contributed by atoms with Gasteiger partial charge in [0.2, 0.25) is 5.91 Å². The standard InChI is InChI=1S/C23H23FN4O/c24-20-10-4-8-18(14-20)22-25-12-11-21(27-22)28-13-5-9-19(16-28)23(29)26-15-17-6-2-1-3-7-17/h1-4,6-8,10-12,14,19H,5,9,13,15-16H2,(H,26,29)/t19-/m1/s1. The summed E-state index contributed by atoms with van der Waals surface area (Å²) < 4.78 is 13.5. The summed E-state index contributed by atoms with van der Waals surface area (Å²) in [4.78, 5) is 23.7. The van der Waals surface area contributed by atoms with E-state index in [1.807, 2.05) is 36.4 Å². The third-order valence-electron chi connectivity index (χ3n) is 5.15. The molecule has 3 aromatic rings. The summed E-state index contributed by atoms with van der Waals surface area (Å²) in [7, 11) is 0. The van der Waals surface area contributed by atoms with Crippen LogP contribution in [0.3, 0.4) is 0 Å². The Hall–Kier alpha value is -3.28. The fourth-order valence-electron chi connectivity index (χ4n) is 3.62. The number of halogens is 1. The number of anilines is 1. The molecular formula is C23H23FN4O. The van der Waals surface area contributed by atoms with Gasteiger partial charge in [0.05, 0.1) is 5.92 Å². The molecule has 29 heavy (non-hydrogen) atoms. The van der Waals surface area contributed by atoms with Gasteiger partial charge in [0, 0.05) is 31.4 Å². The molecule has 1 fully saturated rings. The van der Waals surface area contributed by atoms with Gasteiger partial charge in [-0.3, -0.25) is 4.79 Å². The first-order valence-corrected chi connectivity index (χ1v) is 9.84. The van der Waals surface area contributed by atoms with Crippen molar-refractivity contribution in [1.82, 2.24) is 15.3 Å². The Bertz CT molecular complexity index is 979. The van der Waals surface area contributed by atoms with Crippen LogP contribution in [0.5, 0.6) is 0 Å². The molecule has 0 spiro atoms. The van der Waals surface area contributed by atoms with E-state index in [1.54, 1.807) is 18.3 Å². The molecule has 1 aromatic heterocycles. The lowest BCUT2D eigenvalue weighted by Gasteiger charge is -2.33. The number of carbonyl (C=O) groups excluding carboxylic acids is 1. The van der Waals surface area contributed by atoms with Crippen LogP contribution in [0.15, 0.2) is 66.9 Å². The fourth-order valence-corrected chi connectivity index (χ4v) is 3.62. The van der Waals surface area contributed by atoms with E-state index in [9.17, 15) is 9.18 Å². The van der Waals surface area contributed by atoms with Gasteiger partial charge in [-0.05, 0) is 36.6 Å². The number of piperidine rings is 1. The van der Waals surface area contributed by atoms with Gasteiger partial charge < -0.3 is 10.2 Å². The average molecular weight is 390 g/mol. The van der Waals surface area contributed by atoms with Gasteiger partial charge in [-0.2, -0.15) is 0 Å². The zero-order valence-electron chi connectivity index (χ0n) is 16.1. The SMILES string of the molecule is O=C(NCc1ccccc1)[C@@H]1CCCN(c2ccnc(-c3cccc(F)c3)n2)C1. The molecule has 148 valence electrons. The molecule has 0 unspecified atom stereocenters. The molecule has 2 aromatic carbocycles. The summed E-state index contributed by atoms with van der Waals surface area (Å²) in [6, 6.07) is 18.0. The van der Waals surface area contributed by atoms with Crippen LogP contribution < -0.4 is 10.2 Å². The molecule has 1 aliphatic rings. The van der Waals surface area contributed by atoms with Crippen molar-refractivity contribution in [2.45, 2.75) is 19.4 Å². The fraction of sp³-hybridized carbons (Fsp3) is 0.261. The molecule has 1 amide bonds. The van der Waals surface area contributed by atoms with Gasteiger partial charge >= 0.3 is 0 Å². The largest absolute Gasteiger partial charge is 0.356 e. The topological polar surface area (TPSA) is 58.1 Å². The smallest absolute Gasteiger partial charge is 0.225 e. The molecule has 0 aliphatic carbocycles. The summed E-state index contributed by atoms with van der Waals surface area (Å²) in [6.45, 7) is 1.98.